The van der Waals surface area contributed by atoms with Gasteiger partial charge in [-0.3, -0.25) is 4.99 Å². The number of aliphatic imine (C=N–C) groups is 1. The molecule has 1 saturated carbocycles. The van der Waals surface area contributed by atoms with Gasteiger partial charge in [0.05, 0.1) is 0 Å². The topological polar surface area (TPSA) is 50.4 Å². The van der Waals surface area contributed by atoms with Gasteiger partial charge in [0.25, 0.3) is 0 Å². The first-order chi connectivity index (χ1) is 7.59. The zero-order valence-corrected chi connectivity index (χ0v) is 11.0. The molecule has 1 fully saturated rings. The Morgan fingerprint density at radius 2 is 1.88 bits per heavy atom. The van der Waals surface area contributed by atoms with Crippen LogP contribution < -0.4 is 11.1 Å². The highest BCUT2D eigenvalue weighted by Gasteiger charge is 2.13. The van der Waals surface area contributed by atoms with Crippen LogP contribution in [0.5, 0.6) is 0 Å². The van der Waals surface area contributed by atoms with E-state index in [9.17, 15) is 0 Å². The van der Waals surface area contributed by atoms with Gasteiger partial charge in [0.15, 0.2) is 5.96 Å². The minimum absolute atomic E-state index is 0.562. The Morgan fingerprint density at radius 1 is 1.25 bits per heavy atom. The quantitative estimate of drug-likeness (QED) is 0.570. The number of rotatable bonds is 4. The molecule has 1 unspecified atom stereocenters. The predicted molar refractivity (Wildman–Crippen MR) is 70.5 cm³/mol. The maximum absolute atomic E-state index is 5.89. The molecule has 0 saturated heterocycles. The van der Waals surface area contributed by atoms with Crippen LogP contribution in [0.4, 0.5) is 0 Å². The molecule has 94 valence electrons. The smallest absolute Gasteiger partial charge is 0.188 e. The summed E-state index contributed by atoms with van der Waals surface area (Å²) in [5.41, 5.74) is 5.89. The van der Waals surface area contributed by atoms with E-state index in [1.54, 1.807) is 0 Å². The molecular weight excluding hydrogens is 198 g/mol. The van der Waals surface area contributed by atoms with Gasteiger partial charge in [-0.25, -0.2) is 0 Å². The fraction of sp³-hybridized carbons (Fsp3) is 0.923. The van der Waals surface area contributed by atoms with Crippen LogP contribution in [0.25, 0.3) is 0 Å². The molecule has 0 aliphatic heterocycles. The van der Waals surface area contributed by atoms with Crippen molar-refractivity contribution in [3.8, 4) is 0 Å². The van der Waals surface area contributed by atoms with Crippen LogP contribution in [0.2, 0.25) is 0 Å². The number of nitrogens with one attached hydrogen (secondary N) is 1. The van der Waals surface area contributed by atoms with E-state index in [0.29, 0.717) is 23.8 Å². The minimum atomic E-state index is 0.562. The van der Waals surface area contributed by atoms with E-state index in [-0.39, 0.29) is 0 Å². The van der Waals surface area contributed by atoms with Gasteiger partial charge < -0.3 is 11.1 Å². The number of guanidine groups is 1. The summed E-state index contributed by atoms with van der Waals surface area (Å²) in [6.45, 7) is 7.52. The Bertz CT molecular complexity index is 217. The van der Waals surface area contributed by atoms with Gasteiger partial charge in [-0.15, -0.1) is 0 Å². The first-order valence-corrected chi connectivity index (χ1v) is 6.66. The first-order valence-electron chi connectivity index (χ1n) is 6.66. The van der Waals surface area contributed by atoms with Gasteiger partial charge in [0.1, 0.15) is 0 Å². The molecular formula is C13H27N3. The number of hydrogen-bond donors (Lipinski definition) is 2. The average Bonchev–Trinajstić information content (AvgIpc) is 2.27. The summed E-state index contributed by atoms with van der Waals surface area (Å²) in [6.07, 6.45) is 6.52. The number of nitrogens with two attached hydrogens (primary N) is 1. The zero-order valence-electron chi connectivity index (χ0n) is 11.0. The van der Waals surface area contributed by atoms with Gasteiger partial charge in [-0.1, -0.05) is 40.0 Å². The molecule has 1 aliphatic rings. The Morgan fingerprint density at radius 3 is 2.44 bits per heavy atom. The summed E-state index contributed by atoms with van der Waals surface area (Å²) >= 11 is 0. The third-order valence-electron chi connectivity index (χ3n) is 3.64. The largest absolute Gasteiger partial charge is 0.370 e. The molecule has 0 amide bonds. The van der Waals surface area contributed by atoms with Crippen molar-refractivity contribution < 1.29 is 0 Å². The van der Waals surface area contributed by atoms with Crippen LogP contribution >= 0.6 is 0 Å². The second kappa shape index (κ2) is 6.77. The van der Waals surface area contributed by atoms with Crippen molar-refractivity contribution in [3.05, 3.63) is 0 Å². The van der Waals surface area contributed by atoms with Crippen molar-refractivity contribution in [1.82, 2.24) is 5.32 Å². The van der Waals surface area contributed by atoms with Crippen molar-refractivity contribution in [3.63, 3.8) is 0 Å². The lowest BCUT2D eigenvalue weighted by Crippen LogP contribution is -2.41. The Labute approximate surface area is 99.9 Å². The molecule has 0 bridgehead atoms. The van der Waals surface area contributed by atoms with Crippen molar-refractivity contribution in [2.24, 2.45) is 22.6 Å². The maximum Gasteiger partial charge on any atom is 0.188 e. The second-order valence-corrected chi connectivity index (χ2v) is 5.43. The monoisotopic (exact) mass is 225 g/mol. The van der Waals surface area contributed by atoms with Crippen LogP contribution in [0, 0.1) is 11.8 Å². The van der Waals surface area contributed by atoms with Crippen molar-refractivity contribution in [2.45, 2.75) is 58.9 Å². The summed E-state index contributed by atoms with van der Waals surface area (Å²) in [7, 11) is 0. The van der Waals surface area contributed by atoms with E-state index in [0.717, 1.165) is 6.54 Å². The lowest BCUT2D eigenvalue weighted by atomic mass is 9.96. The molecule has 3 nitrogen and oxygen atoms in total. The maximum atomic E-state index is 5.89. The zero-order chi connectivity index (χ0) is 12.0. The molecule has 0 heterocycles. The molecule has 0 radical (unpaired) electrons. The summed E-state index contributed by atoms with van der Waals surface area (Å²) in [5, 5.41) is 3.34. The van der Waals surface area contributed by atoms with E-state index < -0.39 is 0 Å². The molecule has 0 aromatic carbocycles. The van der Waals surface area contributed by atoms with Crippen LogP contribution in [-0.4, -0.2) is 18.5 Å². The minimum Gasteiger partial charge on any atom is -0.370 e. The second-order valence-electron chi connectivity index (χ2n) is 5.43. The first kappa shape index (κ1) is 13.3. The summed E-state index contributed by atoms with van der Waals surface area (Å²) in [5.74, 6) is 1.91. The van der Waals surface area contributed by atoms with E-state index in [4.69, 9.17) is 5.73 Å². The molecule has 1 rings (SSSR count). The van der Waals surface area contributed by atoms with Gasteiger partial charge in [0.2, 0.25) is 0 Å². The molecule has 1 aliphatic carbocycles. The van der Waals surface area contributed by atoms with E-state index >= 15 is 0 Å². The Balaban J connectivity index is 2.27. The molecule has 16 heavy (non-hydrogen) atoms. The van der Waals surface area contributed by atoms with Crippen molar-refractivity contribution >= 4 is 5.96 Å². The highest BCUT2D eigenvalue weighted by molar-refractivity contribution is 5.78. The normalized spacial score (nSPS) is 21.1. The molecule has 0 aromatic heterocycles. The van der Waals surface area contributed by atoms with Crippen LogP contribution in [-0.2, 0) is 0 Å². The third kappa shape index (κ3) is 4.86. The Kier molecular flexibility index (Phi) is 5.64. The lowest BCUT2D eigenvalue weighted by Gasteiger charge is -2.23. The molecule has 1 atom stereocenters. The molecule has 0 aromatic rings. The summed E-state index contributed by atoms with van der Waals surface area (Å²) in [4.78, 5) is 4.42. The number of nitrogens with zero attached hydrogens (tertiary/aromatic N) is 1. The van der Waals surface area contributed by atoms with E-state index in [2.05, 4.69) is 31.1 Å². The van der Waals surface area contributed by atoms with Gasteiger partial charge >= 0.3 is 0 Å². The fourth-order valence-electron chi connectivity index (χ4n) is 1.95. The average molecular weight is 225 g/mol. The lowest BCUT2D eigenvalue weighted by molar-refractivity contribution is 0.408. The third-order valence-corrected chi connectivity index (χ3v) is 3.64. The van der Waals surface area contributed by atoms with Crippen molar-refractivity contribution in [2.75, 3.05) is 6.54 Å². The summed E-state index contributed by atoms with van der Waals surface area (Å²) < 4.78 is 0. The SMILES string of the molecule is CC(C)C(C)CN=C(N)NC1CCCCC1. The van der Waals surface area contributed by atoms with Crippen LogP contribution in [0.3, 0.4) is 0 Å². The molecule has 0 spiro atoms. The van der Waals surface area contributed by atoms with Gasteiger partial charge in [0, 0.05) is 12.6 Å². The standard InChI is InChI=1S/C13H27N3/c1-10(2)11(3)9-15-13(14)16-12-7-5-4-6-8-12/h10-12H,4-9H2,1-3H3,(H3,14,15,16). The van der Waals surface area contributed by atoms with Crippen molar-refractivity contribution in [1.29, 1.82) is 0 Å². The van der Waals surface area contributed by atoms with Crippen LogP contribution in [0.1, 0.15) is 52.9 Å². The molecule has 3 heteroatoms. The highest BCUT2D eigenvalue weighted by Crippen LogP contribution is 2.17. The van der Waals surface area contributed by atoms with Crippen LogP contribution in [0.15, 0.2) is 4.99 Å². The number of hydrogen-bond acceptors (Lipinski definition) is 1. The van der Waals surface area contributed by atoms with E-state index in [1.807, 2.05) is 0 Å². The van der Waals surface area contributed by atoms with E-state index in [1.165, 1.54) is 32.1 Å². The Hall–Kier alpha value is -0.730. The summed E-state index contributed by atoms with van der Waals surface area (Å²) in [6, 6.07) is 0.562. The fourth-order valence-corrected chi connectivity index (χ4v) is 1.95. The highest BCUT2D eigenvalue weighted by atomic mass is 15.1. The van der Waals surface area contributed by atoms with Gasteiger partial charge in [-0.2, -0.15) is 0 Å². The predicted octanol–water partition coefficient (Wildman–Crippen LogP) is 2.52. The molecule has 3 N–H and O–H groups in total. The van der Waals surface area contributed by atoms with Gasteiger partial charge in [-0.05, 0) is 24.7 Å².